The third kappa shape index (κ3) is 9.21. The lowest BCUT2D eigenvalue weighted by Crippen LogP contribution is -2.24. The van der Waals surface area contributed by atoms with Gasteiger partial charge in [-0.3, -0.25) is 4.79 Å². The normalized spacial score (nSPS) is 18.5. The lowest BCUT2D eigenvalue weighted by Gasteiger charge is -2.18. The second-order valence-corrected chi connectivity index (χ2v) is 11.3. The summed E-state index contributed by atoms with van der Waals surface area (Å²) in [5, 5.41) is 6.58. The number of para-hydroxylation sites is 2. The Morgan fingerprint density at radius 3 is 2.61 bits per heavy atom. The number of allylic oxidation sites excluding steroid dienone is 7. The molecule has 220 valence electrons. The number of benzene rings is 1. The molecule has 0 aliphatic heterocycles. The van der Waals surface area contributed by atoms with Crippen molar-refractivity contribution in [2.24, 2.45) is 5.92 Å². The van der Waals surface area contributed by atoms with E-state index < -0.39 is 0 Å². The molecule has 2 unspecified atom stereocenters. The van der Waals surface area contributed by atoms with Gasteiger partial charge in [-0.15, -0.1) is 0 Å². The number of imidazole rings is 1. The van der Waals surface area contributed by atoms with Gasteiger partial charge >= 0.3 is 0 Å². The molecule has 1 saturated carbocycles. The summed E-state index contributed by atoms with van der Waals surface area (Å²) in [7, 11) is 0. The van der Waals surface area contributed by atoms with Crippen LogP contribution in [0.15, 0.2) is 96.2 Å². The fourth-order valence-electron chi connectivity index (χ4n) is 5.52. The third-order valence-electron chi connectivity index (χ3n) is 7.78. The van der Waals surface area contributed by atoms with Crippen molar-refractivity contribution in [3.05, 3.63) is 96.2 Å². The van der Waals surface area contributed by atoms with E-state index in [1.807, 2.05) is 31.2 Å². The molecule has 41 heavy (non-hydrogen) atoms. The molecule has 0 bridgehead atoms. The highest BCUT2D eigenvalue weighted by atomic mass is 16.1. The van der Waals surface area contributed by atoms with Crippen molar-refractivity contribution < 1.29 is 4.79 Å². The number of rotatable bonds is 16. The number of nitrogens with zero attached hydrogens (tertiary/aromatic N) is 2. The van der Waals surface area contributed by atoms with Crippen molar-refractivity contribution in [1.82, 2.24) is 14.9 Å². The number of hydrogen-bond donors (Lipinski definition) is 2. The Morgan fingerprint density at radius 2 is 1.93 bits per heavy atom. The zero-order valence-corrected chi connectivity index (χ0v) is 25.7. The van der Waals surface area contributed by atoms with Gasteiger partial charge in [0.15, 0.2) is 0 Å². The molecule has 1 aliphatic carbocycles. The van der Waals surface area contributed by atoms with E-state index >= 15 is 0 Å². The minimum atomic E-state index is -0.0984. The first-order chi connectivity index (χ1) is 19.9. The second kappa shape index (κ2) is 16.6. The van der Waals surface area contributed by atoms with E-state index in [1.54, 1.807) is 6.08 Å². The fourth-order valence-corrected chi connectivity index (χ4v) is 5.52. The molecule has 0 radical (unpaired) electrons. The summed E-state index contributed by atoms with van der Waals surface area (Å²) in [5.74, 6) is 1.61. The summed E-state index contributed by atoms with van der Waals surface area (Å²) in [6.07, 6.45) is 20.6. The van der Waals surface area contributed by atoms with Crippen LogP contribution in [0.1, 0.15) is 85.1 Å². The standard InChI is InChI=1S/C36H50N4O/c1-7-11-12-16-31(29(9-3)17-15-18-30(10-4)35(41)37-23-8-2)24-28(6)26-38-36-39-33-19-13-14-20-34(33)40(36)32-22-21-27(5)25-32/h9-10,13-15,17-20,24,27,32H,3-4,7-8,11-12,16,21-23,25-26H2,1-2,5-6H3,(H,37,41)(H,38,39)/b17-15+,28-24+,30-18-,31-29+. The maximum atomic E-state index is 12.4. The lowest BCUT2D eigenvalue weighted by atomic mass is 9.98. The zero-order valence-electron chi connectivity index (χ0n) is 25.7. The first-order valence-corrected chi connectivity index (χ1v) is 15.4. The Hall–Kier alpha value is -3.60. The van der Waals surface area contributed by atoms with Crippen LogP contribution in [0.5, 0.6) is 0 Å². The molecule has 5 nitrogen and oxygen atoms in total. The van der Waals surface area contributed by atoms with Gasteiger partial charge in [-0.2, -0.15) is 0 Å². The van der Waals surface area contributed by atoms with Gasteiger partial charge in [0.1, 0.15) is 0 Å². The predicted octanol–water partition coefficient (Wildman–Crippen LogP) is 9.01. The van der Waals surface area contributed by atoms with Gasteiger partial charge in [0.25, 0.3) is 5.91 Å². The summed E-state index contributed by atoms with van der Waals surface area (Å²) >= 11 is 0. The van der Waals surface area contributed by atoms with Crippen LogP contribution in [-0.4, -0.2) is 28.5 Å². The maximum absolute atomic E-state index is 12.4. The lowest BCUT2D eigenvalue weighted by molar-refractivity contribution is -0.117. The van der Waals surface area contributed by atoms with E-state index in [-0.39, 0.29) is 5.91 Å². The van der Waals surface area contributed by atoms with Crippen LogP contribution in [0.2, 0.25) is 0 Å². The number of hydrogen-bond acceptors (Lipinski definition) is 3. The van der Waals surface area contributed by atoms with E-state index in [2.05, 4.69) is 79.5 Å². The Kier molecular flexibility index (Phi) is 12.9. The van der Waals surface area contributed by atoms with Crippen LogP contribution in [0.3, 0.4) is 0 Å². The van der Waals surface area contributed by atoms with Crippen LogP contribution in [-0.2, 0) is 4.79 Å². The van der Waals surface area contributed by atoms with Crippen molar-refractivity contribution in [2.75, 3.05) is 18.4 Å². The average Bonchev–Trinajstić information content (AvgIpc) is 3.57. The number of carbonyl (C=O) groups is 1. The molecule has 1 aliphatic rings. The molecule has 0 saturated heterocycles. The summed E-state index contributed by atoms with van der Waals surface area (Å²) in [6, 6.07) is 8.96. The molecule has 1 heterocycles. The SMILES string of the molecule is C=C/C(=C/C=C/C(C=C)=C(/C=C(\C)CNc1nc2ccccc2n1C1CCC(C)C1)CCCCC)C(=O)NCCC. The fraction of sp³-hybridized carbons (Fsp3) is 0.444. The topological polar surface area (TPSA) is 59.0 Å². The molecule has 1 aromatic heterocycles. The van der Waals surface area contributed by atoms with E-state index in [0.717, 1.165) is 48.8 Å². The molecule has 2 aromatic rings. The maximum Gasteiger partial charge on any atom is 0.251 e. The molecule has 2 N–H and O–H groups in total. The molecule has 3 rings (SSSR count). The van der Waals surface area contributed by atoms with Crippen LogP contribution < -0.4 is 10.6 Å². The smallest absolute Gasteiger partial charge is 0.251 e. The molecule has 0 spiro atoms. The van der Waals surface area contributed by atoms with Crippen molar-refractivity contribution >= 4 is 22.9 Å². The number of carbonyl (C=O) groups excluding carboxylic acids is 1. The van der Waals surface area contributed by atoms with Gasteiger partial charge in [-0.1, -0.05) is 94.9 Å². The van der Waals surface area contributed by atoms with Crippen molar-refractivity contribution in [3.8, 4) is 0 Å². The highest BCUT2D eigenvalue weighted by molar-refractivity contribution is 5.96. The first kappa shape index (κ1) is 31.9. The Labute approximate surface area is 247 Å². The monoisotopic (exact) mass is 554 g/mol. The first-order valence-electron chi connectivity index (χ1n) is 15.4. The Morgan fingerprint density at radius 1 is 1.12 bits per heavy atom. The number of anilines is 1. The van der Waals surface area contributed by atoms with Crippen molar-refractivity contribution in [2.45, 2.75) is 85.1 Å². The molecule has 1 amide bonds. The number of unbranched alkanes of at least 4 members (excludes halogenated alkanes) is 2. The summed E-state index contributed by atoms with van der Waals surface area (Å²) < 4.78 is 2.43. The van der Waals surface area contributed by atoms with E-state index in [0.29, 0.717) is 18.2 Å². The second-order valence-electron chi connectivity index (χ2n) is 11.3. The Bertz CT molecular complexity index is 1310. The summed E-state index contributed by atoms with van der Waals surface area (Å²) in [5.41, 5.74) is 6.38. The molecule has 2 atom stereocenters. The third-order valence-corrected chi connectivity index (χ3v) is 7.78. The van der Waals surface area contributed by atoms with Gasteiger partial charge in [0.2, 0.25) is 5.95 Å². The number of fused-ring (bicyclic) bond motifs is 1. The van der Waals surface area contributed by atoms with Gasteiger partial charge in [0.05, 0.1) is 11.0 Å². The number of aromatic nitrogens is 2. The van der Waals surface area contributed by atoms with E-state index in [4.69, 9.17) is 4.98 Å². The van der Waals surface area contributed by atoms with Crippen LogP contribution in [0, 0.1) is 5.92 Å². The number of nitrogens with one attached hydrogen (secondary N) is 2. The van der Waals surface area contributed by atoms with Gasteiger partial charge in [-0.25, -0.2) is 4.98 Å². The minimum Gasteiger partial charge on any atom is -0.352 e. The molecular weight excluding hydrogens is 504 g/mol. The van der Waals surface area contributed by atoms with Gasteiger partial charge < -0.3 is 15.2 Å². The minimum absolute atomic E-state index is 0.0984. The van der Waals surface area contributed by atoms with Crippen molar-refractivity contribution in [3.63, 3.8) is 0 Å². The van der Waals surface area contributed by atoms with Crippen LogP contribution in [0.25, 0.3) is 11.0 Å². The molecule has 1 fully saturated rings. The zero-order chi connectivity index (χ0) is 29.6. The van der Waals surface area contributed by atoms with Gasteiger partial charge in [0, 0.05) is 24.7 Å². The van der Waals surface area contributed by atoms with Crippen LogP contribution in [0.4, 0.5) is 5.95 Å². The highest BCUT2D eigenvalue weighted by Gasteiger charge is 2.26. The van der Waals surface area contributed by atoms with Crippen LogP contribution >= 0.6 is 0 Å². The van der Waals surface area contributed by atoms with Gasteiger partial charge in [-0.05, 0) is 80.7 Å². The molecule has 5 heteroatoms. The van der Waals surface area contributed by atoms with E-state index in [9.17, 15) is 4.79 Å². The largest absolute Gasteiger partial charge is 0.352 e. The van der Waals surface area contributed by atoms with Crippen molar-refractivity contribution in [1.29, 1.82) is 0 Å². The molecular formula is C36H50N4O. The molecule has 1 aromatic carbocycles. The highest BCUT2D eigenvalue weighted by Crippen LogP contribution is 2.38. The summed E-state index contributed by atoms with van der Waals surface area (Å²) in [4.78, 5) is 17.3. The predicted molar refractivity (Wildman–Crippen MR) is 176 cm³/mol. The number of amides is 1. The van der Waals surface area contributed by atoms with E-state index in [1.165, 1.54) is 48.8 Å². The Balaban J connectivity index is 1.84. The quantitative estimate of drug-likeness (QED) is 0.124. The average molecular weight is 555 g/mol. The summed E-state index contributed by atoms with van der Waals surface area (Å²) in [6.45, 7) is 18.1.